The maximum Gasteiger partial charge on any atom is 0.248 e. The van der Waals surface area contributed by atoms with Crippen LogP contribution in [0.15, 0.2) is 41.4 Å². The fraction of sp³-hybridized carbons (Fsp3) is 0.394. The van der Waals surface area contributed by atoms with Crippen molar-refractivity contribution in [2.75, 3.05) is 38.2 Å². The Morgan fingerprint density at radius 3 is 2.46 bits per heavy atom. The maximum atomic E-state index is 14.2. The number of amides is 2. The molecule has 5 heterocycles. The number of halogens is 1. The highest BCUT2D eigenvalue weighted by Gasteiger charge is 2.47. The minimum Gasteiger partial charge on any atom is -0.395 e. The van der Waals surface area contributed by atoms with Gasteiger partial charge in [0.25, 0.3) is 0 Å². The van der Waals surface area contributed by atoms with E-state index in [0.717, 1.165) is 5.56 Å². The molecule has 15 heteroatoms. The van der Waals surface area contributed by atoms with Gasteiger partial charge in [0.2, 0.25) is 11.8 Å². The Kier molecular flexibility index (Phi) is 10.9. The molecule has 3 atom stereocenters. The molecule has 0 aromatic carbocycles. The van der Waals surface area contributed by atoms with Gasteiger partial charge in [0, 0.05) is 55.8 Å². The topological polar surface area (TPSA) is 180 Å². The summed E-state index contributed by atoms with van der Waals surface area (Å²) in [5.41, 5.74) is 2.53. The van der Waals surface area contributed by atoms with E-state index in [-0.39, 0.29) is 56.7 Å². The lowest BCUT2D eigenvalue weighted by molar-refractivity contribution is -0.138. The van der Waals surface area contributed by atoms with Crippen LogP contribution in [0, 0.1) is 32.1 Å². The van der Waals surface area contributed by atoms with Crippen LogP contribution in [0.1, 0.15) is 35.2 Å². The molecule has 4 aromatic heterocycles. The molecule has 5 rings (SSSR count). The molecule has 2 amide bonds. The summed E-state index contributed by atoms with van der Waals surface area (Å²) < 4.78 is 1.93. The number of pyridine rings is 2. The van der Waals surface area contributed by atoms with Crippen LogP contribution < -0.4 is 5.32 Å². The number of hydrogen-bond acceptors (Lipinski definition) is 11. The first-order valence-corrected chi connectivity index (χ1v) is 16.2. The lowest BCUT2D eigenvalue weighted by Crippen LogP contribution is -2.49. The first kappa shape index (κ1) is 34.7. The quantitative estimate of drug-likeness (QED) is 0.111. The molecule has 1 fully saturated rings. The van der Waals surface area contributed by atoms with Gasteiger partial charge in [0.15, 0.2) is 5.78 Å². The van der Waals surface area contributed by atoms with Crippen molar-refractivity contribution in [3.63, 3.8) is 0 Å². The highest BCUT2D eigenvalue weighted by atomic mass is 79.9. The average molecular weight is 719 g/mol. The SMILES string of the molecule is C#C[C@@H]1[C@@H](CN(CCO)CCO)C[C@@H](C(=O)Nc2nc(Br)ccc2C)N1C(=O)Cn1nc(C(C)=O)c2cc(-c3cnc(C)nc3)ncc21. The van der Waals surface area contributed by atoms with Crippen molar-refractivity contribution in [2.45, 2.75) is 45.8 Å². The zero-order valence-corrected chi connectivity index (χ0v) is 28.4. The van der Waals surface area contributed by atoms with Crippen LogP contribution in [0.5, 0.6) is 0 Å². The number of terminal acetylenes is 1. The smallest absolute Gasteiger partial charge is 0.248 e. The Morgan fingerprint density at radius 1 is 1.10 bits per heavy atom. The number of carbonyl (C=O) groups is 3. The number of aryl methyl sites for hydroxylation is 2. The average Bonchev–Trinajstić information content (AvgIpc) is 3.61. The summed E-state index contributed by atoms with van der Waals surface area (Å²) in [6.45, 7) is 5.30. The highest BCUT2D eigenvalue weighted by molar-refractivity contribution is 9.10. The second-order valence-electron chi connectivity index (χ2n) is 11.6. The normalized spacial score (nSPS) is 17.5. The molecule has 14 nitrogen and oxygen atoms in total. The highest BCUT2D eigenvalue weighted by Crippen LogP contribution is 2.33. The number of Topliss-reactive ketones (excluding diaryl/α,β-unsaturated/α-hetero) is 1. The minimum absolute atomic E-state index is 0.134. The Bertz CT molecular complexity index is 1870. The summed E-state index contributed by atoms with van der Waals surface area (Å²) in [7, 11) is 0. The zero-order valence-electron chi connectivity index (χ0n) is 26.8. The summed E-state index contributed by atoms with van der Waals surface area (Å²) in [5.74, 6) is 2.08. The molecule has 250 valence electrons. The van der Waals surface area contributed by atoms with Crippen LogP contribution in [0.2, 0.25) is 0 Å². The molecule has 0 radical (unpaired) electrons. The number of carbonyl (C=O) groups excluding carboxylic acids is 3. The molecule has 48 heavy (non-hydrogen) atoms. The van der Waals surface area contributed by atoms with E-state index in [2.05, 4.69) is 52.2 Å². The third kappa shape index (κ3) is 7.42. The molecular weight excluding hydrogens is 682 g/mol. The van der Waals surface area contributed by atoms with E-state index in [0.29, 0.717) is 45.0 Å². The summed E-state index contributed by atoms with van der Waals surface area (Å²) in [6.07, 6.45) is 11.1. The summed E-state index contributed by atoms with van der Waals surface area (Å²) in [4.78, 5) is 61.4. The fourth-order valence-corrected chi connectivity index (χ4v) is 6.30. The van der Waals surface area contributed by atoms with Crippen molar-refractivity contribution in [3.8, 4) is 23.6 Å². The van der Waals surface area contributed by atoms with E-state index in [4.69, 9.17) is 6.42 Å². The van der Waals surface area contributed by atoms with Gasteiger partial charge in [-0.2, -0.15) is 5.10 Å². The number of ketones is 1. The number of likely N-dealkylation sites (tertiary alicyclic amines) is 1. The van der Waals surface area contributed by atoms with Gasteiger partial charge in [-0.05, 0) is 53.9 Å². The van der Waals surface area contributed by atoms with Crippen LogP contribution in [0.25, 0.3) is 22.2 Å². The predicted molar refractivity (Wildman–Crippen MR) is 181 cm³/mol. The molecule has 0 spiro atoms. The van der Waals surface area contributed by atoms with E-state index in [9.17, 15) is 24.6 Å². The first-order valence-electron chi connectivity index (χ1n) is 15.4. The van der Waals surface area contributed by atoms with Crippen molar-refractivity contribution in [3.05, 3.63) is 58.5 Å². The second kappa shape index (κ2) is 15.1. The molecule has 1 aliphatic heterocycles. The molecule has 4 aromatic rings. The minimum atomic E-state index is -0.964. The van der Waals surface area contributed by atoms with Crippen molar-refractivity contribution in [2.24, 2.45) is 5.92 Å². The van der Waals surface area contributed by atoms with Gasteiger partial charge in [0.1, 0.15) is 34.5 Å². The lowest BCUT2D eigenvalue weighted by atomic mass is 9.98. The number of aliphatic hydroxyl groups excluding tert-OH is 2. The number of aromatic nitrogens is 6. The van der Waals surface area contributed by atoms with E-state index >= 15 is 0 Å². The van der Waals surface area contributed by atoms with E-state index in [1.54, 1.807) is 37.5 Å². The molecular formula is C33H36BrN9O5. The monoisotopic (exact) mass is 717 g/mol. The number of nitrogens with zero attached hydrogens (tertiary/aromatic N) is 8. The van der Waals surface area contributed by atoms with Crippen molar-refractivity contribution in [1.29, 1.82) is 0 Å². The predicted octanol–water partition coefficient (Wildman–Crippen LogP) is 2.01. The zero-order chi connectivity index (χ0) is 34.5. The first-order chi connectivity index (χ1) is 23.0. The number of rotatable bonds is 12. The van der Waals surface area contributed by atoms with E-state index in [1.165, 1.54) is 22.7 Å². The molecule has 1 saturated heterocycles. The van der Waals surface area contributed by atoms with Gasteiger partial charge in [-0.1, -0.05) is 12.0 Å². The Labute approximate surface area is 285 Å². The second-order valence-corrected chi connectivity index (χ2v) is 12.4. The largest absolute Gasteiger partial charge is 0.395 e. The maximum absolute atomic E-state index is 14.2. The van der Waals surface area contributed by atoms with Gasteiger partial charge in [0.05, 0.1) is 36.7 Å². The van der Waals surface area contributed by atoms with E-state index < -0.39 is 23.9 Å². The molecule has 0 unspecified atom stereocenters. The van der Waals surface area contributed by atoms with Gasteiger partial charge in [-0.3, -0.25) is 28.9 Å². The summed E-state index contributed by atoms with van der Waals surface area (Å²) >= 11 is 3.34. The number of fused-ring (bicyclic) bond motifs is 1. The molecule has 1 aliphatic rings. The third-order valence-electron chi connectivity index (χ3n) is 8.33. The third-order valence-corrected chi connectivity index (χ3v) is 8.77. The number of aliphatic hydroxyl groups is 2. The van der Waals surface area contributed by atoms with Crippen LogP contribution in [-0.2, 0) is 16.1 Å². The number of hydrogen-bond donors (Lipinski definition) is 3. The lowest BCUT2D eigenvalue weighted by Gasteiger charge is -2.30. The van der Waals surface area contributed by atoms with Crippen molar-refractivity contribution >= 4 is 50.2 Å². The van der Waals surface area contributed by atoms with Crippen molar-refractivity contribution in [1.82, 2.24) is 39.5 Å². The van der Waals surface area contributed by atoms with Crippen LogP contribution in [0.4, 0.5) is 5.82 Å². The standard InChI is InChI=1S/C33H36BrN9O5/c1-5-26-22(17-41(8-10-44)9-11-45)12-27(33(48)39-32-19(2)6-7-29(34)38-32)43(26)30(47)18-42-28-16-37-25(23-14-35-21(4)36-15-23)13-24(28)31(40-42)20(3)46/h1,6-7,13-16,22,26-27,44-45H,8-12,17-18H2,2-4H3,(H,38,39,48)/t22-,26-,27+/m1/s1. The van der Waals surface area contributed by atoms with Gasteiger partial charge in [-0.25, -0.2) is 15.0 Å². The van der Waals surface area contributed by atoms with Gasteiger partial charge in [-0.15, -0.1) is 6.42 Å². The molecule has 3 N–H and O–H groups in total. The van der Waals surface area contributed by atoms with Gasteiger partial charge >= 0.3 is 0 Å². The Balaban J connectivity index is 1.49. The van der Waals surface area contributed by atoms with Crippen molar-refractivity contribution < 1.29 is 24.6 Å². The van der Waals surface area contributed by atoms with Crippen LogP contribution >= 0.6 is 15.9 Å². The fourth-order valence-electron chi connectivity index (χ4n) is 5.99. The number of anilines is 1. The van der Waals surface area contributed by atoms with Crippen LogP contribution in [0.3, 0.4) is 0 Å². The van der Waals surface area contributed by atoms with E-state index in [1.807, 2.05) is 11.8 Å². The summed E-state index contributed by atoms with van der Waals surface area (Å²) in [6, 6.07) is 3.53. The van der Waals surface area contributed by atoms with Crippen LogP contribution in [-0.4, -0.2) is 112 Å². The molecule has 0 aliphatic carbocycles. The Morgan fingerprint density at radius 2 is 1.81 bits per heavy atom. The Hall–Kier alpha value is -4.62. The summed E-state index contributed by atoms with van der Waals surface area (Å²) in [5, 5.41) is 27.0. The molecule has 0 saturated carbocycles. The number of nitrogens with one attached hydrogen (secondary N) is 1. The molecule has 0 bridgehead atoms. The van der Waals surface area contributed by atoms with Gasteiger partial charge < -0.3 is 20.4 Å².